The molecule has 0 spiro atoms. The Morgan fingerprint density at radius 3 is 2.29 bits per heavy atom. The third kappa shape index (κ3) is 7.87. The van der Waals surface area contributed by atoms with Gasteiger partial charge in [-0.05, 0) is 53.9 Å². The Morgan fingerprint density at radius 2 is 1.69 bits per heavy atom. The molecule has 1 atom stereocenters. The van der Waals surface area contributed by atoms with Gasteiger partial charge in [0.05, 0.1) is 11.4 Å². The molecule has 6 nitrogen and oxygen atoms in total. The summed E-state index contributed by atoms with van der Waals surface area (Å²) in [5.74, 6) is 1.06. The first-order chi connectivity index (χ1) is 16.4. The van der Waals surface area contributed by atoms with Gasteiger partial charge in [-0.25, -0.2) is 13.2 Å². The van der Waals surface area contributed by atoms with Crippen LogP contribution in [-0.2, 0) is 16.4 Å². The van der Waals surface area contributed by atoms with Gasteiger partial charge in [0.25, 0.3) is 0 Å². The average Bonchev–Trinajstić information content (AvgIpc) is 2.77. The molecular weight excluding hydrogens is 575 g/mol. The van der Waals surface area contributed by atoms with Crippen molar-refractivity contribution in [1.29, 1.82) is 0 Å². The molecule has 0 aliphatic heterocycles. The first kappa shape index (κ1) is 27.3. The molecule has 0 aromatic heterocycles. The third-order valence-electron chi connectivity index (χ3n) is 5.28. The quantitative estimate of drug-likeness (QED) is 0.306. The van der Waals surface area contributed by atoms with Crippen LogP contribution in [0.1, 0.15) is 24.0 Å². The monoisotopic (exact) mass is 598 g/mol. The molecule has 0 saturated heterocycles. The van der Waals surface area contributed by atoms with E-state index in [0.717, 1.165) is 15.6 Å². The second-order valence-electron chi connectivity index (χ2n) is 8.24. The highest BCUT2D eigenvalue weighted by atomic mass is 79.9. The second-order valence-corrected chi connectivity index (χ2v) is 12.0. The molecule has 186 valence electrons. The molecule has 0 bridgehead atoms. The van der Waals surface area contributed by atoms with Crippen LogP contribution in [0.4, 0.5) is 4.79 Å². The van der Waals surface area contributed by atoms with Crippen molar-refractivity contribution >= 4 is 55.0 Å². The maximum atomic E-state index is 12.7. The molecule has 3 rings (SSSR count). The molecule has 0 aliphatic rings. The lowest BCUT2D eigenvalue weighted by molar-refractivity contribution is 0.206. The number of sulfone groups is 1. The summed E-state index contributed by atoms with van der Waals surface area (Å²) < 4.78 is 30.1. The molecule has 35 heavy (non-hydrogen) atoms. The van der Waals surface area contributed by atoms with Crippen molar-refractivity contribution in [3.8, 4) is 11.5 Å². The van der Waals surface area contributed by atoms with Crippen molar-refractivity contribution in [2.45, 2.75) is 24.3 Å². The standard InChI is InChI=1S/C25H25BrCl2N2O4S/c1-16(17-5-8-23(9-6-17)35(3,32)33)14-29-25(31)30(2)15-18-4-7-19(26)10-24(18)34-22-12-20(27)11-21(28)13-22/h4-13,16H,14-15H2,1-3H3,(H,29,31). The van der Waals surface area contributed by atoms with E-state index in [1.54, 1.807) is 54.4 Å². The van der Waals surface area contributed by atoms with E-state index in [0.29, 0.717) is 34.6 Å². The summed E-state index contributed by atoms with van der Waals surface area (Å²) >= 11 is 15.6. The highest BCUT2D eigenvalue weighted by molar-refractivity contribution is 9.10. The summed E-state index contributed by atoms with van der Waals surface area (Å²) in [4.78, 5) is 14.6. The lowest BCUT2D eigenvalue weighted by Crippen LogP contribution is -2.38. The van der Waals surface area contributed by atoms with E-state index in [-0.39, 0.29) is 16.8 Å². The van der Waals surface area contributed by atoms with Crippen LogP contribution in [-0.4, -0.2) is 39.2 Å². The molecule has 1 unspecified atom stereocenters. The molecule has 0 heterocycles. The fraction of sp³-hybridized carbons (Fsp3) is 0.240. The minimum atomic E-state index is -3.25. The number of carbonyl (C=O) groups is 1. The van der Waals surface area contributed by atoms with Crippen LogP contribution in [0, 0.1) is 0 Å². The molecule has 3 aromatic carbocycles. The molecule has 0 aliphatic carbocycles. The van der Waals surface area contributed by atoms with Crippen LogP contribution in [0.25, 0.3) is 0 Å². The Morgan fingerprint density at radius 1 is 1.06 bits per heavy atom. The maximum Gasteiger partial charge on any atom is 0.317 e. The number of hydrogen-bond acceptors (Lipinski definition) is 4. The van der Waals surface area contributed by atoms with Crippen molar-refractivity contribution < 1.29 is 17.9 Å². The predicted octanol–water partition coefficient (Wildman–Crippen LogP) is 6.90. The van der Waals surface area contributed by atoms with Gasteiger partial charge in [0.2, 0.25) is 0 Å². The summed E-state index contributed by atoms with van der Waals surface area (Å²) in [5.41, 5.74) is 1.73. The van der Waals surface area contributed by atoms with Gasteiger partial charge in [-0.15, -0.1) is 0 Å². The average molecular weight is 600 g/mol. The summed E-state index contributed by atoms with van der Waals surface area (Å²) in [7, 11) is -1.55. The summed E-state index contributed by atoms with van der Waals surface area (Å²) in [6, 6.07) is 17.0. The highest BCUT2D eigenvalue weighted by Gasteiger charge is 2.16. The van der Waals surface area contributed by atoms with E-state index in [1.807, 2.05) is 25.1 Å². The molecule has 0 radical (unpaired) electrons. The number of nitrogens with one attached hydrogen (secondary N) is 1. The smallest absolute Gasteiger partial charge is 0.317 e. The Balaban J connectivity index is 1.64. The zero-order valence-corrected chi connectivity index (χ0v) is 23.3. The van der Waals surface area contributed by atoms with Crippen LogP contribution in [0.2, 0.25) is 10.0 Å². The lowest BCUT2D eigenvalue weighted by atomic mass is 10.0. The van der Waals surface area contributed by atoms with Crippen molar-refractivity contribution in [3.05, 3.63) is 86.3 Å². The molecule has 0 fully saturated rings. The molecule has 10 heteroatoms. The highest BCUT2D eigenvalue weighted by Crippen LogP contribution is 2.32. The van der Waals surface area contributed by atoms with E-state index < -0.39 is 9.84 Å². The molecular formula is C25H25BrCl2N2O4S. The Kier molecular flexibility index (Phi) is 9.10. The zero-order chi connectivity index (χ0) is 25.8. The van der Waals surface area contributed by atoms with E-state index in [4.69, 9.17) is 27.9 Å². The minimum Gasteiger partial charge on any atom is -0.457 e. The zero-order valence-electron chi connectivity index (χ0n) is 19.4. The van der Waals surface area contributed by atoms with Gasteiger partial charge in [0.1, 0.15) is 11.5 Å². The van der Waals surface area contributed by atoms with Crippen molar-refractivity contribution in [3.63, 3.8) is 0 Å². The van der Waals surface area contributed by atoms with Crippen LogP contribution >= 0.6 is 39.1 Å². The maximum absolute atomic E-state index is 12.7. The first-order valence-corrected chi connectivity index (χ1v) is 14.1. The number of nitrogens with zero attached hydrogens (tertiary/aromatic N) is 1. The fourth-order valence-electron chi connectivity index (χ4n) is 3.33. The van der Waals surface area contributed by atoms with Crippen LogP contribution < -0.4 is 10.1 Å². The van der Waals surface area contributed by atoms with Crippen LogP contribution in [0.5, 0.6) is 11.5 Å². The van der Waals surface area contributed by atoms with E-state index in [1.165, 1.54) is 6.26 Å². The normalized spacial score (nSPS) is 12.2. The predicted molar refractivity (Wildman–Crippen MR) is 144 cm³/mol. The fourth-order valence-corrected chi connectivity index (χ4v) is 4.81. The van der Waals surface area contributed by atoms with Crippen LogP contribution in [0.3, 0.4) is 0 Å². The first-order valence-electron chi connectivity index (χ1n) is 10.6. The molecule has 1 N–H and O–H groups in total. The van der Waals surface area contributed by atoms with Gasteiger partial charge < -0.3 is 15.0 Å². The Labute approximate surface area is 224 Å². The largest absolute Gasteiger partial charge is 0.457 e. The van der Waals surface area contributed by atoms with Gasteiger partial charge >= 0.3 is 6.03 Å². The Hall–Kier alpha value is -2.26. The minimum absolute atomic E-state index is 0.000104. The van der Waals surface area contributed by atoms with Gasteiger partial charge in [0.15, 0.2) is 9.84 Å². The second kappa shape index (κ2) is 11.6. The molecule has 3 aromatic rings. The van der Waals surface area contributed by atoms with Crippen molar-refractivity contribution in [2.24, 2.45) is 0 Å². The van der Waals surface area contributed by atoms with Gasteiger partial charge in [-0.2, -0.15) is 0 Å². The topological polar surface area (TPSA) is 75.7 Å². The number of urea groups is 1. The third-order valence-corrected chi connectivity index (χ3v) is 7.34. The molecule has 0 saturated carbocycles. The van der Waals surface area contributed by atoms with Crippen molar-refractivity contribution in [1.82, 2.24) is 10.2 Å². The van der Waals surface area contributed by atoms with E-state index in [9.17, 15) is 13.2 Å². The summed E-state index contributed by atoms with van der Waals surface area (Å²) in [6.07, 6.45) is 1.17. The summed E-state index contributed by atoms with van der Waals surface area (Å²) in [5, 5.41) is 3.84. The van der Waals surface area contributed by atoms with E-state index >= 15 is 0 Å². The number of benzene rings is 3. The van der Waals surface area contributed by atoms with Crippen molar-refractivity contribution in [2.75, 3.05) is 19.8 Å². The number of rotatable bonds is 8. The van der Waals surface area contributed by atoms with Gasteiger partial charge in [0, 0.05) is 39.9 Å². The molecule has 2 amide bonds. The number of carbonyl (C=O) groups excluding carboxylic acids is 1. The number of hydrogen-bond donors (Lipinski definition) is 1. The van der Waals surface area contributed by atoms with Crippen LogP contribution in [0.15, 0.2) is 70.0 Å². The lowest BCUT2D eigenvalue weighted by Gasteiger charge is -2.21. The number of amides is 2. The van der Waals surface area contributed by atoms with Gasteiger partial charge in [-0.3, -0.25) is 0 Å². The summed E-state index contributed by atoms with van der Waals surface area (Å²) in [6.45, 7) is 2.67. The SMILES string of the molecule is CC(CNC(=O)N(C)Cc1ccc(Br)cc1Oc1cc(Cl)cc(Cl)c1)c1ccc(S(C)(=O)=O)cc1. The van der Waals surface area contributed by atoms with E-state index in [2.05, 4.69) is 21.2 Å². The number of ether oxygens (including phenoxy) is 1. The van der Waals surface area contributed by atoms with Gasteiger partial charge in [-0.1, -0.05) is 64.3 Å². The number of halogens is 3. The Bertz CT molecular complexity index is 1300.